The Morgan fingerprint density at radius 1 is 1.09 bits per heavy atom. The fourth-order valence-electron chi connectivity index (χ4n) is 2.22. The highest BCUT2D eigenvalue weighted by molar-refractivity contribution is 5.76. The summed E-state index contributed by atoms with van der Waals surface area (Å²) >= 11 is 0. The standard InChI is InChI=1S/C18H20FNO2/c1-22-13-16-5-3-2-4-15(16)12-20-18(21)11-8-14-6-9-17(19)10-7-14/h2-7,9-10H,8,11-13H2,1H3,(H,20,21). The summed E-state index contributed by atoms with van der Waals surface area (Å²) in [5, 5.41) is 2.91. The highest BCUT2D eigenvalue weighted by Gasteiger charge is 2.05. The third-order valence-electron chi connectivity index (χ3n) is 3.45. The van der Waals surface area contributed by atoms with Crippen molar-refractivity contribution in [3.63, 3.8) is 0 Å². The summed E-state index contributed by atoms with van der Waals surface area (Å²) in [5.41, 5.74) is 3.08. The molecule has 0 aromatic heterocycles. The molecule has 22 heavy (non-hydrogen) atoms. The first-order valence-corrected chi connectivity index (χ1v) is 7.26. The molecular weight excluding hydrogens is 281 g/mol. The summed E-state index contributed by atoms with van der Waals surface area (Å²) in [6.07, 6.45) is 0.990. The van der Waals surface area contributed by atoms with Crippen LogP contribution in [0.2, 0.25) is 0 Å². The van der Waals surface area contributed by atoms with E-state index in [1.54, 1.807) is 19.2 Å². The van der Waals surface area contributed by atoms with Crippen LogP contribution in [0.4, 0.5) is 4.39 Å². The summed E-state index contributed by atoms with van der Waals surface area (Å²) in [5.74, 6) is -0.278. The number of carbonyl (C=O) groups excluding carboxylic acids is 1. The first-order chi connectivity index (χ1) is 10.7. The van der Waals surface area contributed by atoms with Crippen LogP contribution in [0.3, 0.4) is 0 Å². The van der Waals surface area contributed by atoms with Crippen LogP contribution in [-0.2, 0) is 29.1 Å². The number of carbonyl (C=O) groups is 1. The van der Waals surface area contributed by atoms with Gasteiger partial charge in [0.15, 0.2) is 0 Å². The van der Waals surface area contributed by atoms with Crippen molar-refractivity contribution in [2.45, 2.75) is 26.0 Å². The number of hydrogen-bond acceptors (Lipinski definition) is 2. The SMILES string of the molecule is COCc1ccccc1CNC(=O)CCc1ccc(F)cc1. The van der Waals surface area contributed by atoms with Gasteiger partial charge in [-0.2, -0.15) is 0 Å². The molecule has 0 aliphatic heterocycles. The van der Waals surface area contributed by atoms with E-state index in [1.807, 2.05) is 24.3 Å². The number of ether oxygens (including phenoxy) is 1. The minimum Gasteiger partial charge on any atom is -0.380 e. The van der Waals surface area contributed by atoms with E-state index in [0.717, 1.165) is 16.7 Å². The Balaban J connectivity index is 1.81. The van der Waals surface area contributed by atoms with E-state index in [0.29, 0.717) is 26.0 Å². The van der Waals surface area contributed by atoms with Crippen molar-refractivity contribution in [3.05, 3.63) is 71.0 Å². The van der Waals surface area contributed by atoms with Crippen molar-refractivity contribution in [1.29, 1.82) is 0 Å². The third-order valence-corrected chi connectivity index (χ3v) is 3.45. The lowest BCUT2D eigenvalue weighted by molar-refractivity contribution is -0.121. The lowest BCUT2D eigenvalue weighted by Crippen LogP contribution is -2.23. The average Bonchev–Trinajstić information content (AvgIpc) is 2.54. The third kappa shape index (κ3) is 4.97. The molecule has 2 aromatic rings. The van der Waals surface area contributed by atoms with Crippen LogP contribution in [0, 0.1) is 5.82 Å². The molecule has 0 spiro atoms. The largest absolute Gasteiger partial charge is 0.380 e. The summed E-state index contributed by atoms with van der Waals surface area (Å²) in [6.45, 7) is 1.02. The molecule has 0 saturated heterocycles. The summed E-state index contributed by atoms with van der Waals surface area (Å²) < 4.78 is 18.0. The molecule has 0 aliphatic rings. The molecule has 2 aromatic carbocycles. The van der Waals surface area contributed by atoms with Crippen LogP contribution in [0.5, 0.6) is 0 Å². The van der Waals surface area contributed by atoms with E-state index < -0.39 is 0 Å². The Morgan fingerprint density at radius 2 is 1.77 bits per heavy atom. The molecule has 0 unspecified atom stereocenters. The van der Waals surface area contributed by atoms with Crippen molar-refractivity contribution in [2.24, 2.45) is 0 Å². The second-order valence-corrected chi connectivity index (χ2v) is 5.10. The molecule has 1 amide bonds. The molecular formula is C18H20FNO2. The first kappa shape index (κ1) is 16.2. The molecule has 3 nitrogen and oxygen atoms in total. The van der Waals surface area contributed by atoms with Crippen molar-refractivity contribution in [2.75, 3.05) is 7.11 Å². The number of nitrogens with one attached hydrogen (secondary N) is 1. The lowest BCUT2D eigenvalue weighted by atomic mass is 10.1. The van der Waals surface area contributed by atoms with E-state index in [4.69, 9.17) is 4.74 Å². The smallest absolute Gasteiger partial charge is 0.220 e. The van der Waals surface area contributed by atoms with E-state index in [-0.39, 0.29) is 11.7 Å². The Bertz CT molecular complexity index is 611. The molecule has 0 aliphatic carbocycles. The topological polar surface area (TPSA) is 38.3 Å². The fraction of sp³-hybridized carbons (Fsp3) is 0.278. The van der Waals surface area contributed by atoms with E-state index in [9.17, 15) is 9.18 Å². The van der Waals surface area contributed by atoms with Crippen molar-refractivity contribution in [3.8, 4) is 0 Å². The maximum absolute atomic E-state index is 12.8. The highest BCUT2D eigenvalue weighted by atomic mass is 19.1. The zero-order chi connectivity index (χ0) is 15.8. The molecule has 1 N–H and O–H groups in total. The van der Waals surface area contributed by atoms with Gasteiger partial charge in [-0.05, 0) is 35.2 Å². The summed E-state index contributed by atoms with van der Waals surface area (Å²) in [6, 6.07) is 14.1. The lowest BCUT2D eigenvalue weighted by Gasteiger charge is -2.10. The molecule has 116 valence electrons. The van der Waals surface area contributed by atoms with Gasteiger partial charge in [-0.3, -0.25) is 4.79 Å². The van der Waals surface area contributed by atoms with Crippen LogP contribution in [0.25, 0.3) is 0 Å². The van der Waals surface area contributed by atoms with E-state index >= 15 is 0 Å². The van der Waals surface area contributed by atoms with Crippen LogP contribution in [-0.4, -0.2) is 13.0 Å². The van der Waals surface area contributed by atoms with Gasteiger partial charge in [0.25, 0.3) is 0 Å². The Kier molecular flexibility index (Phi) is 6.10. The van der Waals surface area contributed by atoms with Gasteiger partial charge in [0.1, 0.15) is 5.82 Å². The monoisotopic (exact) mass is 301 g/mol. The minimum atomic E-state index is -0.261. The van der Waals surface area contributed by atoms with Gasteiger partial charge >= 0.3 is 0 Å². The van der Waals surface area contributed by atoms with Crippen LogP contribution < -0.4 is 5.32 Å². The summed E-state index contributed by atoms with van der Waals surface area (Å²) in [7, 11) is 1.65. The zero-order valence-electron chi connectivity index (χ0n) is 12.6. The minimum absolute atomic E-state index is 0.0171. The number of amides is 1. The second kappa shape index (κ2) is 8.29. The van der Waals surface area contributed by atoms with Crippen molar-refractivity contribution >= 4 is 5.91 Å². The summed E-state index contributed by atoms with van der Waals surface area (Å²) in [4.78, 5) is 11.9. The molecule has 0 fully saturated rings. The van der Waals surface area contributed by atoms with Crippen molar-refractivity contribution in [1.82, 2.24) is 5.32 Å². The van der Waals surface area contributed by atoms with Gasteiger partial charge in [-0.1, -0.05) is 36.4 Å². The molecule has 2 rings (SSSR count). The number of rotatable bonds is 7. The van der Waals surface area contributed by atoms with Gasteiger partial charge in [0, 0.05) is 20.1 Å². The number of hydrogen-bond donors (Lipinski definition) is 1. The highest BCUT2D eigenvalue weighted by Crippen LogP contribution is 2.10. The Hall–Kier alpha value is -2.20. The van der Waals surface area contributed by atoms with Gasteiger partial charge in [0.2, 0.25) is 5.91 Å². The molecule has 0 bridgehead atoms. The Morgan fingerprint density at radius 3 is 2.45 bits per heavy atom. The zero-order valence-corrected chi connectivity index (χ0v) is 12.6. The maximum Gasteiger partial charge on any atom is 0.220 e. The van der Waals surface area contributed by atoms with Gasteiger partial charge in [-0.15, -0.1) is 0 Å². The normalized spacial score (nSPS) is 10.5. The van der Waals surface area contributed by atoms with E-state index in [2.05, 4.69) is 5.32 Å². The molecule has 0 radical (unpaired) electrons. The number of aryl methyl sites for hydroxylation is 1. The molecule has 4 heteroatoms. The number of methoxy groups -OCH3 is 1. The number of benzene rings is 2. The van der Waals surface area contributed by atoms with Gasteiger partial charge in [-0.25, -0.2) is 4.39 Å². The first-order valence-electron chi connectivity index (χ1n) is 7.26. The van der Waals surface area contributed by atoms with Gasteiger partial charge in [0.05, 0.1) is 6.61 Å². The predicted molar refractivity (Wildman–Crippen MR) is 83.7 cm³/mol. The quantitative estimate of drug-likeness (QED) is 0.852. The van der Waals surface area contributed by atoms with Crippen LogP contribution >= 0.6 is 0 Å². The van der Waals surface area contributed by atoms with Crippen LogP contribution in [0.1, 0.15) is 23.1 Å². The molecule has 0 atom stereocenters. The Labute approximate surface area is 130 Å². The van der Waals surface area contributed by atoms with Crippen molar-refractivity contribution < 1.29 is 13.9 Å². The second-order valence-electron chi connectivity index (χ2n) is 5.10. The molecule has 0 saturated carbocycles. The maximum atomic E-state index is 12.8. The fourth-order valence-corrected chi connectivity index (χ4v) is 2.22. The van der Waals surface area contributed by atoms with E-state index in [1.165, 1.54) is 12.1 Å². The average molecular weight is 301 g/mol. The van der Waals surface area contributed by atoms with Gasteiger partial charge < -0.3 is 10.1 Å². The number of halogens is 1. The molecule has 0 heterocycles. The predicted octanol–water partition coefficient (Wildman–Crippen LogP) is 3.22. The van der Waals surface area contributed by atoms with Crippen LogP contribution in [0.15, 0.2) is 48.5 Å².